The minimum absolute atomic E-state index is 0.0417. The van der Waals surface area contributed by atoms with E-state index in [4.69, 9.17) is 4.42 Å². The highest BCUT2D eigenvalue weighted by Crippen LogP contribution is 2.13. The fraction of sp³-hybridized carbons (Fsp3) is 0.429. The largest absolute Gasteiger partial charge is 0.438 e. The van der Waals surface area contributed by atoms with Gasteiger partial charge in [-0.05, 0) is 6.92 Å². The smallest absolute Gasteiger partial charge is 0.291 e. The van der Waals surface area contributed by atoms with Gasteiger partial charge in [0.1, 0.15) is 0 Å². The zero-order valence-corrected chi connectivity index (χ0v) is 6.20. The molecule has 4 nitrogen and oxygen atoms in total. The lowest BCUT2D eigenvalue weighted by Gasteiger charge is -1.95. The van der Waals surface area contributed by atoms with Crippen molar-refractivity contribution in [2.45, 2.75) is 6.92 Å². The van der Waals surface area contributed by atoms with Gasteiger partial charge in [0.2, 0.25) is 5.76 Å². The molecule has 1 aromatic rings. The highest BCUT2D eigenvalue weighted by molar-refractivity contribution is 5.93. The Morgan fingerprint density at radius 2 is 2.45 bits per heavy atom. The van der Waals surface area contributed by atoms with Crippen LogP contribution in [0.3, 0.4) is 0 Å². The lowest BCUT2D eigenvalue weighted by Crippen LogP contribution is -2.10. The predicted molar refractivity (Wildman–Crippen MR) is 37.1 cm³/mol. The van der Waals surface area contributed by atoms with E-state index in [1.165, 1.54) is 6.39 Å². The summed E-state index contributed by atoms with van der Waals surface area (Å²) in [5, 5.41) is 0. The monoisotopic (exact) mass is 152 g/mol. The fourth-order valence-electron chi connectivity index (χ4n) is 0.904. The molecule has 0 aliphatic carbocycles. The first kappa shape index (κ1) is 6.39. The van der Waals surface area contributed by atoms with Gasteiger partial charge in [0, 0.05) is 13.1 Å². The van der Waals surface area contributed by atoms with Crippen molar-refractivity contribution in [1.29, 1.82) is 0 Å². The van der Waals surface area contributed by atoms with Gasteiger partial charge in [0.05, 0.1) is 5.69 Å². The molecular weight excluding hydrogens is 144 g/mol. The van der Waals surface area contributed by atoms with Crippen molar-refractivity contribution in [2.75, 3.05) is 13.1 Å². The third-order valence-corrected chi connectivity index (χ3v) is 1.67. The van der Waals surface area contributed by atoms with Crippen molar-refractivity contribution in [3.05, 3.63) is 17.8 Å². The van der Waals surface area contributed by atoms with Crippen LogP contribution >= 0.6 is 0 Å². The Kier molecular flexibility index (Phi) is 1.21. The Balaban J connectivity index is 2.27. The van der Waals surface area contributed by atoms with Crippen LogP contribution in [-0.2, 0) is 0 Å². The molecule has 1 saturated heterocycles. The summed E-state index contributed by atoms with van der Waals surface area (Å²) < 4.78 is 4.93. The second-order valence-electron chi connectivity index (χ2n) is 2.56. The first-order valence-corrected chi connectivity index (χ1v) is 3.48. The Morgan fingerprint density at radius 1 is 1.73 bits per heavy atom. The van der Waals surface area contributed by atoms with Crippen LogP contribution < -0.4 is 0 Å². The highest BCUT2D eigenvalue weighted by Gasteiger charge is 2.28. The van der Waals surface area contributed by atoms with E-state index in [1.54, 1.807) is 11.8 Å². The molecule has 0 unspecified atom stereocenters. The number of amides is 1. The third kappa shape index (κ3) is 1.00. The number of carbonyl (C=O) groups excluding carboxylic acids is 1. The van der Waals surface area contributed by atoms with Crippen molar-refractivity contribution >= 4 is 5.91 Å². The van der Waals surface area contributed by atoms with E-state index >= 15 is 0 Å². The molecule has 0 radical (unpaired) electrons. The van der Waals surface area contributed by atoms with Gasteiger partial charge < -0.3 is 9.32 Å². The van der Waals surface area contributed by atoms with Gasteiger partial charge in [-0.2, -0.15) is 0 Å². The molecule has 0 atom stereocenters. The first-order chi connectivity index (χ1) is 5.29. The topological polar surface area (TPSA) is 46.1 Å². The zero-order chi connectivity index (χ0) is 7.84. The van der Waals surface area contributed by atoms with Crippen LogP contribution in [0.15, 0.2) is 10.8 Å². The minimum atomic E-state index is -0.0417. The van der Waals surface area contributed by atoms with E-state index in [2.05, 4.69) is 4.98 Å². The van der Waals surface area contributed by atoms with Gasteiger partial charge in [-0.3, -0.25) is 4.79 Å². The molecule has 1 amide bonds. The number of hydrogen-bond acceptors (Lipinski definition) is 3. The molecule has 1 aromatic heterocycles. The average molecular weight is 152 g/mol. The molecule has 1 aliphatic heterocycles. The molecule has 2 rings (SSSR count). The van der Waals surface area contributed by atoms with E-state index in [1.807, 2.05) is 0 Å². The Morgan fingerprint density at radius 3 is 2.91 bits per heavy atom. The first-order valence-electron chi connectivity index (χ1n) is 3.48. The maximum atomic E-state index is 11.3. The third-order valence-electron chi connectivity index (χ3n) is 1.67. The quantitative estimate of drug-likeness (QED) is 0.548. The molecule has 0 aromatic carbocycles. The van der Waals surface area contributed by atoms with Crippen molar-refractivity contribution in [3.63, 3.8) is 0 Å². The van der Waals surface area contributed by atoms with Crippen molar-refractivity contribution in [1.82, 2.24) is 9.88 Å². The maximum absolute atomic E-state index is 11.3. The lowest BCUT2D eigenvalue weighted by molar-refractivity contribution is 0.0855. The second kappa shape index (κ2) is 2.08. The molecular formula is C7H8N2O2. The summed E-state index contributed by atoms with van der Waals surface area (Å²) in [5.41, 5.74) is 0.668. The summed E-state index contributed by atoms with van der Waals surface area (Å²) in [7, 11) is 0. The zero-order valence-electron chi connectivity index (χ0n) is 6.20. The van der Waals surface area contributed by atoms with Gasteiger partial charge in [0.15, 0.2) is 6.39 Å². The summed E-state index contributed by atoms with van der Waals surface area (Å²) in [4.78, 5) is 16.8. The number of rotatable bonds is 1. The summed E-state index contributed by atoms with van der Waals surface area (Å²) in [6.07, 6.45) is 1.30. The SMILES string of the molecule is Cc1ncoc1C(=O)N1CC1. The molecule has 1 aliphatic rings. The number of oxazole rings is 1. The summed E-state index contributed by atoms with van der Waals surface area (Å²) in [5.74, 6) is 0.336. The van der Waals surface area contributed by atoms with Crippen molar-refractivity contribution in [2.24, 2.45) is 0 Å². The molecule has 11 heavy (non-hydrogen) atoms. The number of aromatic nitrogens is 1. The lowest BCUT2D eigenvalue weighted by atomic mass is 10.3. The summed E-state index contributed by atoms with van der Waals surface area (Å²) in [6, 6.07) is 0. The summed E-state index contributed by atoms with van der Waals surface area (Å²) in [6.45, 7) is 3.46. The molecule has 0 saturated carbocycles. The highest BCUT2D eigenvalue weighted by atomic mass is 16.3. The number of aryl methyl sites for hydroxylation is 1. The van der Waals surface area contributed by atoms with Gasteiger partial charge in [-0.15, -0.1) is 0 Å². The van der Waals surface area contributed by atoms with Crippen LogP contribution in [0.1, 0.15) is 16.2 Å². The van der Waals surface area contributed by atoms with Crippen LogP contribution in [0.4, 0.5) is 0 Å². The Hall–Kier alpha value is -1.32. The van der Waals surface area contributed by atoms with Crippen molar-refractivity contribution in [3.8, 4) is 0 Å². The van der Waals surface area contributed by atoms with Crippen LogP contribution in [0.5, 0.6) is 0 Å². The molecule has 1 fully saturated rings. The number of nitrogens with zero attached hydrogens (tertiary/aromatic N) is 2. The van der Waals surface area contributed by atoms with E-state index in [0.717, 1.165) is 13.1 Å². The van der Waals surface area contributed by atoms with Crippen LogP contribution in [0, 0.1) is 6.92 Å². The molecule has 2 heterocycles. The molecule has 58 valence electrons. The van der Waals surface area contributed by atoms with Crippen LogP contribution in [0.2, 0.25) is 0 Å². The fourth-order valence-corrected chi connectivity index (χ4v) is 0.904. The maximum Gasteiger partial charge on any atom is 0.291 e. The number of carbonyl (C=O) groups is 1. The van der Waals surface area contributed by atoms with Gasteiger partial charge >= 0.3 is 0 Å². The van der Waals surface area contributed by atoms with E-state index in [0.29, 0.717) is 11.5 Å². The van der Waals surface area contributed by atoms with Crippen LogP contribution in [-0.4, -0.2) is 28.9 Å². The minimum Gasteiger partial charge on any atom is -0.438 e. The van der Waals surface area contributed by atoms with Gasteiger partial charge in [-0.25, -0.2) is 4.98 Å². The summed E-state index contributed by atoms with van der Waals surface area (Å²) >= 11 is 0. The molecule has 0 N–H and O–H groups in total. The Labute approximate surface area is 63.8 Å². The second-order valence-corrected chi connectivity index (χ2v) is 2.56. The molecule has 0 bridgehead atoms. The predicted octanol–water partition coefficient (Wildman–Crippen LogP) is 0.439. The van der Waals surface area contributed by atoms with Crippen LogP contribution in [0.25, 0.3) is 0 Å². The molecule has 4 heteroatoms. The standard InChI is InChI=1S/C7H8N2O2/c1-5-6(11-4-8-5)7(10)9-2-3-9/h4H,2-3H2,1H3. The van der Waals surface area contributed by atoms with Gasteiger partial charge in [0.25, 0.3) is 5.91 Å². The van der Waals surface area contributed by atoms with E-state index < -0.39 is 0 Å². The van der Waals surface area contributed by atoms with Gasteiger partial charge in [-0.1, -0.05) is 0 Å². The molecule has 0 spiro atoms. The Bertz CT molecular complexity index is 288. The normalized spacial score (nSPS) is 15.2. The van der Waals surface area contributed by atoms with Crippen molar-refractivity contribution < 1.29 is 9.21 Å². The van der Waals surface area contributed by atoms with E-state index in [9.17, 15) is 4.79 Å². The average Bonchev–Trinajstić information content (AvgIpc) is 2.74. The number of hydrogen-bond donors (Lipinski definition) is 0. The van der Waals surface area contributed by atoms with E-state index in [-0.39, 0.29) is 5.91 Å².